The van der Waals surface area contributed by atoms with E-state index in [4.69, 9.17) is 0 Å². The van der Waals surface area contributed by atoms with Crippen molar-refractivity contribution < 1.29 is 5.11 Å². The minimum atomic E-state index is 0.390. The number of hydrogen-bond donors (Lipinski definition) is 1. The van der Waals surface area contributed by atoms with E-state index in [0.717, 1.165) is 17.5 Å². The van der Waals surface area contributed by atoms with Crippen molar-refractivity contribution in [1.82, 2.24) is 0 Å². The summed E-state index contributed by atoms with van der Waals surface area (Å²) in [5.41, 5.74) is 4.66. The van der Waals surface area contributed by atoms with Crippen LogP contribution in [0.25, 0.3) is 0 Å². The van der Waals surface area contributed by atoms with Crippen LogP contribution in [0.4, 0.5) is 0 Å². The largest absolute Gasteiger partial charge is 0.508 e. The van der Waals surface area contributed by atoms with Crippen molar-refractivity contribution in [2.75, 3.05) is 0 Å². The topological polar surface area (TPSA) is 20.2 Å². The molecule has 0 saturated carbocycles. The van der Waals surface area contributed by atoms with Gasteiger partial charge in [0.2, 0.25) is 0 Å². The first-order valence-corrected chi connectivity index (χ1v) is 5.50. The number of aryl methyl sites for hydroxylation is 2. The van der Waals surface area contributed by atoms with E-state index in [-0.39, 0.29) is 0 Å². The van der Waals surface area contributed by atoms with Crippen molar-refractivity contribution >= 4 is 0 Å². The maximum atomic E-state index is 9.82. The zero-order valence-electron chi connectivity index (χ0n) is 9.70. The fourth-order valence-corrected chi connectivity index (χ4v) is 1.94. The molecule has 16 heavy (non-hydrogen) atoms. The van der Waals surface area contributed by atoms with Gasteiger partial charge in [-0.05, 0) is 31.0 Å². The summed E-state index contributed by atoms with van der Waals surface area (Å²) in [5.74, 6) is 0.390. The highest BCUT2D eigenvalue weighted by Gasteiger charge is 2.05. The summed E-state index contributed by atoms with van der Waals surface area (Å²) in [6, 6.07) is 14.1. The number of phenolic OH excluding ortho intramolecular Hbond substituents is 1. The van der Waals surface area contributed by atoms with Crippen LogP contribution in [0.15, 0.2) is 42.5 Å². The standard InChI is InChI=1S/C15H16O/c1-11-5-3-7-13(9-11)10-14-12(2)6-4-8-15(14)16/h3-9,16H,10H2,1-2H3. The zero-order chi connectivity index (χ0) is 11.5. The monoisotopic (exact) mass is 212 g/mol. The minimum Gasteiger partial charge on any atom is -0.508 e. The average Bonchev–Trinajstić information content (AvgIpc) is 2.24. The van der Waals surface area contributed by atoms with Gasteiger partial charge in [0.1, 0.15) is 5.75 Å². The lowest BCUT2D eigenvalue weighted by Gasteiger charge is -2.08. The number of rotatable bonds is 2. The lowest BCUT2D eigenvalue weighted by atomic mass is 9.99. The number of benzene rings is 2. The van der Waals surface area contributed by atoms with E-state index in [2.05, 4.69) is 31.2 Å². The molecule has 0 aliphatic heterocycles. The van der Waals surface area contributed by atoms with Gasteiger partial charge in [0.05, 0.1) is 0 Å². The Bertz CT molecular complexity index is 480. The molecular weight excluding hydrogens is 196 g/mol. The molecule has 0 atom stereocenters. The Hall–Kier alpha value is -1.76. The first-order chi connectivity index (χ1) is 7.66. The van der Waals surface area contributed by atoms with Gasteiger partial charge in [-0.2, -0.15) is 0 Å². The normalized spacial score (nSPS) is 10.4. The number of aromatic hydroxyl groups is 1. The van der Waals surface area contributed by atoms with Crippen molar-refractivity contribution in [1.29, 1.82) is 0 Å². The molecule has 0 fully saturated rings. The predicted molar refractivity (Wildman–Crippen MR) is 66.8 cm³/mol. The summed E-state index contributed by atoms with van der Waals surface area (Å²) in [7, 11) is 0. The van der Waals surface area contributed by atoms with E-state index in [1.165, 1.54) is 11.1 Å². The summed E-state index contributed by atoms with van der Waals surface area (Å²) in [6.45, 7) is 4.12. The van der Waals surface area contributed by atoms with Crippen molar-refractivity contribution in [2.24, 2.45) is 0 Å². The van der Waals surface area contributed by atoms with E-state index in [0.29, 0.717) is 5.75 Å². The van der Waals surface area contributed by atoms with Crippen molar-refractivity contribution in [2.45, 2.75) is 20.3 Å². The van der Waals surface area contributed by atoms with Crippen LogP contribution in [0.1, 0.15) is 22.3 Å². The van der Waals surface area contributed by atoms with Gasteiger partial charge in [-0.1, -0.05) is 42.0 Å². The van der Waals surface area contributed by atoms with E-state index >= 15 is 0 Å². The van der Waals surface area contributed by atoms with Gasteiger partial charge in [0.25, 0.3) is 0 Å². The van der Waals surface area contributed by atoms with Gasteiger partial charge < -0.3 is 5.11 Å². The molecule has 2 aromatic carbocycles. The van der Waals surface area contributed by atoms with Gasteiger partial charge in [0.15, 0.2) is 0 Å². The van der Waals surface area contributed by atoms with Crippen LogP contribution in [-0.4, -0.2) is 5.11 Å². The summed E-state index contributed by atoms with van der Waals surface area (Å²) in [4.78, 5) is 0. The third-order valence-corrected chi connectivity index (χ3v) is 2.85. The molecule has 2 aromatic rings. The maximum absolute atomic E-state index is 9.82. The van der Waals surface area contributed by atoms with Gasteiger partial charge in [-0.25, -0.2) is 0 Å². The molecule has 0 saturated heterocycles. The quantitative estimate of drug-likeness (QED) is 0.806. The summed E-state index contributed by atoms with van der Waals surface area (Å²) < 4.78 is 0. The Morgan fingerprint density at radius 1 is 1.00 bits per heavy atom. The second kappa shape index (κ2) is 4.40. The van der Waals surface area contributed by atoms with Crippen LogP contribution in [0.2, 0.25) is 0 Å². The molecule has 0 amide bonds. The predicted octanol–water partition coefficient (Wildman–Crippen LogP) is 3.60. The highest BCUT2D eigenvalue weighted by atomic mass is 16.3. The molecule has 0 unspecified atom stereocenters. The highest BCUT2D eigenvalue weighted by Crippen LogP contribution is 2.23. The average molecular weight is 212 g/mol. The first kappa shape index (κ1) is 10.7. The molecule has 0 radical (unpaired) electrons. The van der Waals surface area contributed by atoms with Crippen LogP contribution in [0.3, 0.4) is 0 Å². The second-order valence-electron chi connectivity index (χ2n) is 4.24. The van der Waals surface area contributed by atoms with Crippen LogP contribution in [0, 0.1) is 13.8 Å². The fourth-order valence-electron chi connectivity index (χ4n) is 1.94. The summed E-state index contributed by atoms with van der Waals surface area (Å²) in [5, 5.41) is 9.82. The van der Waals surface area contributed by atoms with Crippen LogP contribution >= 0.6 is 0 Å². The van der Waals surface area contributed by atoms with E-state index < -0.39 is 0 Å². The smallest absolute Gasteiger partial charge is 0.119 e. The number of hydrogen-bond acceptors (Lipinski definition) is 1. The molecule has 0 bridgehead atoms. The second-order valence-corrected chi connectivity index (χ2v) is 4.24. The lowest BCUT2D eigenvalue weighted by molar-refractivity contribution is 0.469. The third-order valence-electron chi connectivity index (χ3n) is 2.85. The van der Waals surface area contributed by atoms with Gasteiger partial charge >= 0.3 is 0 Å². The Labute approximate surface area is 96.4 Å². The molecule has 82 valence electrons. The van der Waals surface area contributed by atoms with Gasteiger partial charge in [-0.3, -0.25) is 0 Å². The SMILES string of the molecule is Cc1cccc(Cc2c(C)cccc2O)c1. The summed E-state index contributed by atoms with van der Waals surface area (Å²) >= 11 is 0. The third kappa shape index (κ3) is 2.25. The zero-order valence-corrected chi connectivity index (χ0v) is 9.70. The van der Waals surface area contributed by atoms with Gasteiger partial charge in [0, 0.05) is 12.0 Å². The molecule has 0 aliphatic rings. The van der Waals surface area contributed by atoms with E-state index in [9.17, 15) is 5.11 Å². The van der Waals surface area contributed by atoms with Gasteiger partial charge in [-0.15, -0.1) is 0 Å². The molecule has 0 heterocycles. The maximum Gasteiger partial charge on any atom is 0.119 e. The van der Waals surface area contributed by atoms with Crippen molar-refractivity contribution in [3.63, 3.8) is 0 Å². The van der Waals surface area contributed by atoms with Crippen molar-refractivity contribution in [3.05, 3.63) is 64.7 Å². The molecule has 0 aliphatic carbocycles. The van der Waals surface area contributed by atoms with Crippen molar-refractivity contribution in [3.8, 4) is 5.75 Å². The summed E-state index contributed by atoms with van der Waals surface area (Å²) in [6.07, 6.45) is 0.792. The van der Waals surface area contributed by atoms with Crippen LogP contribution in [0.5, 0.6) is 5.75 Å². The molecule has 0 spiro atoms. The Morgan fingerprint density at radius 3 is 2.44 bits per heavy atom. The Balaban J connectivity index is 2.34. The van der Waals surface area contributed by atoms with E-state index in [1.807, 2.05) is 19.1 Å². The molecule has 1 heteroatoms. The fraction of sp³-hybridized carbons (Fsp3) is 0.200. The molecule has 1 nitrogen and oxygen atoms in total. The Morgan fingerprint density at radius 2 is 1.75 bits per heavy atom. The highest BCUT2D eigenvalue weighted by molar-refractivity contribution is 5.42. The lowest BCUT2D eigenvalue weighted by Crippen LogP contribution is -1.92. The molecule has 1 N–H and O–H groups in total. The Kier molecular flexibility index (Phi) is 2.95. The van der Waals surface area contributed by atoms with E-state index in [1.54, 1.807) is 6.07 Å². The minimum absolute atomic E-state index is 0.390. The van der Waals surface area contributed by atoms with Crippen LogP contribution in [-0.2, 0) is 6.42 Å². The van der Waals surface area contributed by atoms with Crippen LogP contribution < -0.4 is 0 Å². The number of phenols is 1. The first-order valence-electron chi connectivity index (χ1n) is 5.50. The molecular formula is C15H16O. The molecule has 0 aromatic heterocycles. The molecule has 2 rings (SSSR count).